The van der Waals surface area contributed by atoms with Gasteiger partial charge in [-0.3, -0.25) is 4.79 Å². The summed E-state index contributed by atoms with van der Waals surface area (Å²) in [4.78, 5) is 24.3. The average Bonchev–Trinajstić information content (AvgIpc) is 2.76. The number of carbonyl (C=O) groups is 2. The Labute approximate surface area is 189 Å². The molecule has 31 heavy (non-hydrogen) atoms. The van der Waals surface area contributed by atoms with Gasteiger partial charge in [0.05, 0.1) is 11.8 Å². The van der Waals surface area contributed by atoms with E-state index in [0.717, 1.165) is 0 Å². The van der Waals surface area contributed by atoms with Gasteiger partial charge >= 0.3 is 5.97 Å². The maximum atomic E-state index is 12.2. The zero-order valence-corrected chi connectivity index (χ0v) is 17.9. The van der Waals surface area contributed by atoms with Crippen molar-refractivity contribution in [2.24, 2.45) is 5.10 Å². The molecule has 0 saturated heterocycles. The number of hydrogen-bond donors (Lipinski definition) is 1. The van der Waals surface area contributed by atoms with Crippen molar-refractivity contribution in [3.63, 3.8) is 0 Å². The van der Waals surface area contributed by atoms with Crippen LogP contribution >= 0.6 is 23.2 Å². The molecule has 8 heteroatoms. The number of amides is 1. The second-order valence-electron chi connectivity index (χ2n) is 6.42. The summed E-state index contributed by atoms with van der Waals surface area (Å²) in [6.45, 7) is 1.61. The molecule has 0 bridgehead atoms. The van der Waals surface area contributed by atoms with Crippen LogP contribution in [0.3, 0.4) is 0 Å². The van der Waals surface area contributed by atoms with E-state index in [4.69, 9.17) is 32.7 Å². The molecule has 6 nitrogen and oxygen atoms in total. The predicted octanol–water partition coefficient (Wildman–Crippen LogP) is 5.13. The number of carbonyl (C=O) groups excluding carboxylic acids is 2. The van der Waals surface area contributed by atoms with Gasteiger partial charge in [-0.1, -0.05) is 35.3 Å². The molecule has 0 spiro atoms. The first kappa shape index (κ1) is 22.3. The SMILES string of the molecule is C[C@H](Oc1ccc(Cl)cc1)C(=O)N/N=C\c1cccc(OC(=O)c2ccc(Cl)cc2)c1. The Morgan fingerprint density at radius 2 is 1.58 bits per heavy atom. The van der Waals surface area contributed by atoms with Gasteiger partial charge in [-0.25, -0.2) is 10.2 Å². The summed E-state index contributed by atoms with van der Waals surface area (Å²) in [5, 5.41) is 5.04. The zero-order valence-electron chi connectivity index (χ0n) is 16.4. The first-order valence-corrected chi connectivity index (χ1v) is 9.99. The molecule has 158 valence electrons. The molecular weight excluding hydrogens is 439 g/mol. The normalized spacial score (nSPS) is 11.7. The van der Waals surface area contributed by atoms with Crippen LogP contribution < -0.4 is 14.9 Å². The van der Waals surface area contributed by atoms with Crippen LogP contribution in [0.2, 0.25) is 10.0 Å². The van der Waals surface area contributed by atoms with Crippen LogP contribution in [0.25, 0.3) is 0 Å². The maximum Gasteiger partial charge on any atom is 0.343 e. The quantitative estimate of drug-likeness (QED) is 0.231. The van der Waals surface area contributed by atoms with Gasteiger partial charge in [0.1, 0.15) is 11.5 Å². The summed E-state index contributed by atoms with van der Waals surface area (Å²) < 4.78 is 10.9. The monoisotopic (exact) mass is 456 g/mol. The van der Waals surface area contributed by atoms with Crippen molar-refractivity contribution in [2.75, 3.05) is 0 Å². The number of hydrogen-bond acceptors (Lipinski definition) is 5. The number of nitrogens with one attached hydrogen (secondary N) is 1. The highest BCUT2D eigenvalue weighted by Crippen LogP contribution is 2.17. The fourth-order valence-corrected chi connectivity index (χ4v) is 2.69. The van der Waals surface area contributed by atoms with Crippen molar-refractivity contribution >= 4 is 41.3 Å². The Bertz CT molecular complexity index is 1080. The zero-order chi connectivity index (χ0) is 22.2. The molecule has 1 atom stereocenters. The molecule has 0 unspecified atom stereocenters. The summed E-state index contributed by atoms with van der Waals surface area (Å²) in [6, 6.07) is 19.8. The molecule has 0 aliphatic heterocycles. The number of benzene rings is 3. The van der Waals surface area contributed by atoms with Crippen LogP contribution in [0.1, 0.15) is 22.8 Å². The maximum absolute atomic E-state index is 12.2. The van der Waals surface area contributed by atoms with E-state index in [0.29, 0.717) is 32.7 Å². The van der Waals surface area contributed by atoms with Crippen LogP contribution in [-0.4, -0.2) is 24.2 Å². The second-order valence-corrected chi connectivity index (χ2v) is 7.29. The fraction of sp³-hybridized carbons (Fsp3) is 0.0870. The lowest BCUT2D eigenvalue weighted by Crippen LogP contribution is -2.33. The van der Waals surface area contributed by atoms with E-state index in [1.54, 1.807) is 79.7 Å². The van der Waals surface area contributed by atoms with Crippen molar-refractivity contribution < 1.29 is 19.1 Å². The fourth-order valence-electron chi connectivity index (χ4n) is 2.44. The molecule has 0 fully saturated rings. The van der Waals surface area contributed by atoms with Crippen LogP contribution in [0.15, 0.2) is 77.9 Å². The van der Waals surface area contributed by atoms with Crippen LogP contribution in [0.5, 0.6) is 11.5 Å². The van der Waals surface area contributed by atoms with Gasteiger partial charge in [0.25, 0.3) is 5.91 Å². The molecule has 0 aliphatic rings. The average molecular weight is 457 g/mol. The third kappa shape index (κ3) is 6.84. The molecule has 0 aromatic heterocycles. The van der Waals surface area contributed by atoms with Crippen molar-refractivity contribution in [3.05, 3.63) is 94.0 Å². The minimum absolute atomic E-state index is 0.342. The molecule has 0 aliphatic carbocycles. The predicted molar refractivity (Wildman–Crippen MR) is 120 cm³/mol. The van der Waals surface area contributed by atoms with Crippen LogP contribution in [0, 0.1) is 0 Å². The van der Waals surface area contributed by atoms with Crippen molar-refractivity contribution in [1.29, 1.82) is 0 Å². The van der Waals surface area contributed by atoms with E-state index < -0.39 is 18.0 Å². The van der Waals surface area contributed by atoms with Gasteiger partial charge in [0.2, 0.25) is 0 Å². The van der Waals surface area contributed by atoms with Gasteiger partial charge in [-0.2, -0.15) is 5.10 Å². The molecule has 3 aromatic carbocycles. The second kappa shape index (κ2) is 10.6. The molecule has 1 amide bonds. The molecule has 0 saturated carbocycles. The Morgan fingerprint density at radius 3 is 2.26 bits per heavy atom. The van der Waals surface area contributed by atoms with E-state index in [-0.39, 0.29) is 0 Å². The number of rotatable bonds is 7. The highest BCUT2D eigenvalue weighted by molar-refractivity contribution is 6.30. The summed E-state index contributed by atoms with van der Waals surface area (Å²) in [6.07, 6.45) is 0.678. The third-order valence-corrected chi connectivity index (χ3v) is 4.54. The Morgan fingerprint density at radius 1 is 0.935 bits per heavy atom. The molecule has 1 N–H and O–H groups in total. The largest absolute Gasteiger partial charge is 0.481 e. The first-order valence-electron chi connectivity index (χ1n) is 9.23. The van der Waals surface area contributed by atoms with E-state index >= 15 is 0 Å². The van der Waals surface area contributed by atoms with E-state index in [2.05, 4.69) is 10.5 Å². The molecule has 3 rings (SSSR count). The first-order chi connectivity index (χ1) is 14.9. The number of esters is 1. The van der Waals surface area contributed by atoms with Crippen LogP contribution in [0.4, 0.5) is 0 Å². The smallest absolute Gasteiger partial charge is 0.343 e. The lowest BCUT2D eigenvalue weighted by molar-refractivity contribution is -0.127. The standard InChI is InChI=1S/C23H18Cl2N2O4/c1-15(30-20-11-9-19(25)10-12-20)22(28)27-26-14-16-3-2-4-21(13-16)31-23(29)17-5-7-18(24)8-6-17/h2-15H,1H3,(H,27,28)/b26-14-/t15-/m0/s1. The van der Waals surface area contributed by atoms with Crippen molar-refractivity contribution in [1.82, 2.24) is 5.43 Å². The number of ether oxygens (including phenoxy) is 2. The topological polar surface area (TPSA) is 77.0 Å². The van der Waals surface area contributed by atoms with Gasteiger partial charge in [0, 0.05) is 10.0 Å². The van der Waals surface area contributed by atoms with Crippen LogP contribution in [-0.2, 0) is 4.79 Å². The minimum atomic E-state index is -0.759. The van der Waals surface area contributed by atoms with E-state index in [1.807, 2.05) is 0 Å². The van der Waals surface area contributed by atoms with E-state index in [1.165, 1.54) is 6.21 Å². The third-order valence-electron chi connectivity index (χ3n) is 4.03. The highest BCUT2D eigenvalue weighted by atomic mass is 35.5. The lowest BCUT2D eigenvalue weighted by Gasteiger charge is -2.12. The minimum Gasteiger partial charge on any atom is -0.481 e. The van der Waals surface area contributed by atoms with Gasteiger partial charge in [0.15, 0.2) is 6.10 Å². The highest BCUT2D eigenvalue weighted by Gasteiger charge is 2.14. The number of halogens is 2. The summed E-state index contributed by atoms with van der Waals surface area (Å²) in [7, 11) is 0. The molecule has 3 aromatic rings. The summed E-state index contributed by atoms with van der Waals surface area (Å²) in [5.41, 5.74) is 3.43. The Kier molecular flexibility index (Phi) is 7.65. The summed E-state index contributed by atoms with van der Waals surface area (Å²) in [5.74, 6) is -0.0651. The Hall–Kier alpha value is -3.35. The van der Waals surface area contributed by atoms with Gasteiger partial charge < -0.3 is 9.47 Å². The Balaban J connectivity index is 1.54. The van der Waals surface area contributed by atoms with Crippen molar-refractivity contribution in [2.45, 2.75) is 13.0 Å². The van der Waals surface area contributed by atoms with E-state index in [9.17, 15) is 9.59 Å². The lowest BCUT2D eigenvalue weighted by atomic mass is 10.2. The molecule has 0 heterocycles. The van der Waals surface area contributed by atoms with Crippen molar-refractivity contribution in [3.8, 4) is 11.5 Å². The van der Waals surface area contributed by atoms with Gasteiger partial charge in [-0.15, -0.1) is 0 Å². The number of hydrazone groups is 1. The summed E-state index contributed by atoms with van der Waals surface area (Å²) >= 11 is 11.7. The molecule has 0 radical (unpaired) electrons. The number of nitrogens with zero attached hydrogens (tertiary/aromatic N) is 1. The van der Waals surface area contributed by atoms with Gasteiger partial charge in [-0.05, 0) is 73.2 Å². The molecular formula is C23H18Cl2N2O4.